The Morgan fingerprint density at radius 2 is 1.25 bits per heavy atom. The molecular formula is C24H20O8. The molecule has 3 aliphatic carbocycles. The zero-order valence-corrected chi connectivity index (χ0v) is 17.1. The Bertz CT molecular complexity index is 1140. The van der Waals surface area contributed by atoms with Crippen molar-refractivity contribution in [1.29, 1.82) is 0 Å². The summed E-state index contributed by atoms with van der Waals surface area (Å²) >= 11 is 0. The van der Waals surface area contributed by atoms with Crippen molar-refractivity contribution < 1.29 is 38.9 Å². The Labute approximate surface area is 182 Å². The summed E-state index contributed by atoms with van der Waals surface area (Å²) in [5.74, 6) is -1.68. The fourth-order valence-corrected chi connectivity index (χ4v) is 5.38. The molecule has 32 heavy (non-hydrogen) atoms. The van der Waals surface area contributed by atoms with E-state index in [0.717, 1.165) is 17.5 Å². The standard InChI is InChI=1S/C16H14O4.C8H6O4/c17-15-12-9-5-10(12)14(16(18)20-6-19-15)13-8-4-2-1-3-7(8)11(9)13;9-7(10)5-1-2-6(4-3-5)8(11)12/h7-8H,1-6H2;1-4H,(H,9,10)(H,11,12). The minimum absolute atomic E-state index is 0.0833. The molecule has 4 bridgehead atoms. The lowest BCUT2D eigenvalue weighted by Gasteiger charge is -2.49. The lowest BCUT2D eigenvalue weighted by Crippen LogP contribution is -2.40. The highest BCUT2D eigenvalue weighted by Gasteiger charge is 2.50. The maximum absolute atomic E-state index is 12.3. The third-order valence-electron chi connectivity index (χ3n) is 6.82. The lowest BCUT2D eigenvalue weighted by molar-refractivity contribution is -0.0190. The second-order valence-corrected chi connectivity index (χ2v) is 8.38. The van der Waals surface area contributed by atoms with Gasteiger partial charge in [0.25, 0.3) is 0 Å². The van der Waals surface area contributed by atoms with Gasteiger partial charge in [-0.15, -0.1) is 0 Å². The van der Waals surface area contributed by atoms with Crippen LogP contribution >= 0.6 is 0 Å². The van der Waals surface area contributed by atoms with Crippen molar-refractivity contribution >= 4 is 23.9 Å². The number of carbonyl (C=O) groups is 4. The van der Waals surface area contributed by atoms with Crippen LogP contribution in [0.25, 0.3) is 0 Å². The Balaban J connectivity index is 0.000000156. The molecule has 1 saturated carbocycles. The van der Waals surface area contributed by atoms with Gasteiger partial charge in [-0.05, 0) is 71.2 Å². The van der Waals surface area contributed by atoms with Gasteiger partial charge in [0.15, 0.2) is 0 Å². The van der Waals surface area contributed by atoms with Gasteiger partial charge in [-0.1, -0.05) is 12.8 Å². The number of hydrogen-bond acceptors (Lipinski definition) is 6. The maximum atomic E-state index is 12.3. The van der Waals surface area contributed by atoms with Crippen LogP contribution in [0.4, 0.5) is 0 Å². The summed E-state index contributed by atoms with van der Waals surface area (Å²) in [6.45, 7) is -0.262. The Morgan fingerprint density at radius 3 is 1.78 bits per heavy atom. The van der Waals surface area contributed by atoms with Crippen LogP contribution in [0.2, 0.25) is 0 Å². The summed E-state index contributed by atoms with van der Waals surface area (Å²) in [6.07, 6.45) is 5.59. The van der Waals surface area contributed by atoms with E-state index in [-0.39, 0.29) is 29.9 Å². The lowest BCUT2D eigenvalue weighted by atomic mass is 9.54. The first-order chi connectivity index (χ1) is 15.4. The molecule has 1 heterocycles. The number of aromatic carboxylic acids is 2. The third kappa shape index (κ3) is 2.97. The molecule has 6 rings (SSSR count). The number of ether oxygens (including phenoxy) is 2. The molecule has 2 N–H and O–H groups in total. The molecule has 2 unspecified atom stereocenters. The maximum Gasteiger partial charge on any atom is 0.341 e. The summed E-state index contributed by atoms with van der Waals surface area (Å²) in [6, 6.07) is 5.02. The second kappa shape index (κ2) is 7.47. The zero-order valence-electron chi connectivity index (χ0n) is 17.1. The number of carboxylic acids is 2. The van der Waals surface area contributed by atoms with E-state index in [0.29, 0.717) is 23.0 Å². The average Bonchev–Trinajstić information content (AvgIpc) is 2.76. The van der Waals surface area contributed by atoms with Gasteiger partial charge in [0, 0.05) is 6.42 Å². The van der Waals surface area contributed by atoms with Crippen molar-refractivity contribution in [3.05, 3.63) is 68.8 Å². The van der Waals surface area contributed by atoms with E-state index in [4.69, 9.17) is 19.7 Å². The van der Waals surface area contributed by atoms with Gasteiger partial charge in [0.1, 0.15) is 0 Å². The number of benzene rings is 2. The molecule has 2 aromatic rings. The molecule has 0 saturated heterocycles. The number of esters is 2. The van der Waals surface area contributed by atoms with Crippen molar-refractivity contribution in [1.82, 2.24) is 0 Å². The van der Waals surface area contributed by atoms with Gasteiger partial charge in [0.2, 0.25) is 6.79 Å². The van der Waals surface area contributed by atoms with E-state index in [9.17, 15) is 19.2 Å². The topological polar surface area (TPSA) is 127 Å². The predicted molar refractivity (Wildman–Crippen MR) is 109 cm³/mol. The highest BCUT2D eigenvalue weighted by Crippen LogP contribution is 2.61. The van der Waals surface area contributed by atoms with Gasteiger partial charge in [-0.25, -0.2) is 19.2 Å². The predicted octanol–water partition coefficient (Wildman–Crippen LogP) is 3.71. The third-order valence-corrected chi connectivity index (χ3v) is 6.82. The quantitative estimate of drug-likeness (QED) is 0.582. The fourth-order valence-electron chi connectivity index (χ4n) is 5.38. The first-order valence-corrected chi connectivity index (χ1v) is 10.5. The van der Waals surface area contributed by atoms with Gasteiger partial charge < -0.3 is 19.7 Å². The van der Waals surface area contributed by atoms with Crippen LogP contribution in [0.15, 0.2) is 24.3 Å². The first-order valence-electron chi connectivity index (χ1n) is 10.5. The van der Waals surface area contributed by atoms with Crippen LogP contribution in [-0.2, 0) is 15.9 Å². The minimum Gasteiger partial charge on any atom is -0.478 e. The second-order valence-electron chi connectivity index (χ2n) is 8.38. The highest BCUT2D eigenvalue weighted by molar-refractivity contribution is 6.05. The van der Waals surface area contributed by atoms with Crippen molar-refractivity contribution in [2.24, 2.45) is 0 Å². The molecule has 0 amide bonds. The number of rotatable bonds is 2. The average molecular weight is 436 g/mol. The largest absolute Gasteiger partial charge is 0.478 e. The molecule has 1 fully saturated rings. The SMILES string of the molecule is O=C(O)c1ccc(C(=O)O)cc1.O=C1OCOC(=O)c2c3c1c(c1c2C2CCCCC12)C3. The Kier molecular flexibility index (Phi) is 4.73. The monoisotopic (exact) mass is 436 g/mol. The molecule has 164 valence electrons. The highest BCUT2D eigenvalue weighted by atomic mass is 16.7. The van der Waals surface area contributed by atoms with Crippen LogP contribution in [0, 0.1) is 0 Å². The minimum atomic E-state index is -1.06. The molecule has 8 heteroatoms. The molecule has 2 aromatic carbocycles. The summed E-state index contributed by atoms with van der Waals surface area (Å²) in [7, 11) is 0. The van der Waals surface area contributed by atoms with Gasteiger partial charge in [0.05, 0.1) is 22.3 Å². The zero-order chi connectivity index (χ0) is 22.6. The summed E-state index contributed by atoms with van der Waals surface area (Å²) in [5.41, 5.74) is 6.04. The summed E-state index contributed by atoms with van der Waals surface area (Å²) < 4.78 is 10.1. The fraction of sp³-hybridized carbons (Fsp3) is 0.333. The van der Waals surface area contributed by atoms with Crippen molar-refractivity contribution in [2.75, 3.05) is 6.79 Å². The summed E-state index contributed by atoms with van der Waals surface area (Å²) in [4.78, 5) is 45.0. The van der Waals surface area contributed by atoms with Gasteiger partial charge in [-0.3, -0.25) is 0 Å². The van der Waals surface area contributed by atoms with E-state index < -0.39 is 11.9 Å². The van der Waals surface area contributed by atoms with Crippen LogP contribution in [0.3, 0.4) is 0 Å². The number of cyclic esters (lactones) is 2. The van der Waals surface area contributed by atoms with Crippen LogP contribution in [0.1, 0.15) is 101 Å². The van der Waals surface area contributed by atoms with E-state index in [2.05, 4.69) is 0 Å². The van der Waals surface area contributed by atoms with Crippen molar-refractivity contribution in [3.63, 3.8) is 0 Å². The normalized spacial score (nSPS) is 21.5. The number of hydrogen-bond donors (Lipinski definition) is 2. The van der Waals surface area contributed by atoms with E-state index in [1.807, 2.05) is 0 Å². The first kappa shape index (κ1) is 20.2. The van der Waals surface area contributed by atoms with E-state index in [1.54, 1.807) is 0 Å². The van der Waals surface area contributed by atoms with E-state index in [1.165, 1.54) is 61.1 Å². The smallest absolute Gasteiger partial charge is 0.341 e. The number of carbonyl (C=O) groups excluding carboxylic acids is 2. The molecule has 2 atom stereocenters. The molecule has 1 aliphatic heterocycles. The van der Waals surface area contributed by atoms with Crippen molar-refractivity contribution in [2.45, 2.75) is 43.9 Å². The molecule has 0 spiro atoms. The summed E-state index contributed by atoms with van der Waals surface area (Å²) in [5, 5.41) is 16.9. The molecule has 4 aliphatic rings. The number of fused-ring (bicyclic) bond motifs is 6. The van der Waals surface area contributed by atoms with Gasteiger partial charge >= 0.3 is 23.9 Å². The van der Waals surface area contributed by atoms with Crippen LogP contribution in [-0.4, -0.2) is 40.9 Å². The Hall–Kier alpha value is -3.68. The molecule has 8 nitrogen and oxygen atoms in total. The Morgan fingerprint density at radius 1 is 0.750 bits per heavy atom. The number of carboxylic acid groups (broad SMARTS) is 2. The van der Waals surface area contributed by atoms with Crippen molar-refractivity contribution in [3.8, 4) is 0 Å². The van der Waals surface area contributed by atoms with E-state index >= 15 is 0 Å². The van der Waals surface area contributed by atoms with Crippen LogP contribution in [0.5, 0.6) is 0 Å². The molecular weight excluding hydrogens is 416 g/mol. The molecule has 0 radical (unpaired) electrons. The van der Waals surface area contributed by atoms with Crippen LogP contribution < -0.4 is 0 Å². The van der Waals surface area contributed by atoms with Gasteiger partial charge in [-0.2, -0.15) is 0 Å². The molecule has 0 aromatic heterocycles.